The Bertz CT molecular complexity index is 455. The van der Waals surface area contributed by atoms with Crippen molar-refractivity contribution in [1.82, 2.24) is 15.5 Å². The predicted octanol–water partition coefficient (Wildman–Crippen LogP) is 1.52. The minimum atomic E-state index is 0.496. The Hall–Kier alpha value is -1.64. The van der Waals surface area contributed by atoms with Crippen molar-refractivity contribution >= 4 is 11.3 Å². The van der Waals surface area contributed by atoms with Crippen molar-refractivity contribution in [2.24, 2.45) is 0 Å². The van der Waals surface area contributed by atoms with Crippen LogP contribution in [0.1, 0.15) is 5.89 Å². The molecule has 0 saturated carbocycles. The van der Waals surface area contributed by atoms with E-state index in [1.807, 2.05) is 16.8 Å². The lowest BCUT2D eigenvalue weighted by molar-refractivity contribution is 0.371. The van der Waals surface area contributed by atoms with Gasteiger partial charge in [-0.25, -0.2) is 0 Å². The van der Waals surface area contributed by atoms with Crippen LogP contribution in [0.3, 0.4) is 0 Å². The second kappa shape index (κ2) is 4.73. The van der Waals surface area contributed by atoms with E-state index < -0.39 is 0 Å². The number of terminal acetylenes is 1. The maximum Gasteiger partial charge on any atom is 0.240 e. The molecule has 0 spiro atoms. The number of nitrogens with zero attached hydrogens (tertiary/aromatic N) is 2. The first kappa shape index (κ1) is 9.90. The number of rotatable bonds is 4. The van der Waals surface area contributed by atoms with Gasteiger partial charge in [0.2, 0.25) is 11.7 Å². The minimum Gasteiger partial charge on any atom is -0.338 e. The van der Waals surface area contributed by atoms with Gasteiger partial charge in [-0.15, -0.1) is 6.42 Å². The molecule has 4 nitrogen and oxygen atoms in total. The summed E-state index contributed by atoms with van der Waals surface area (Å²) < 4.78 is 5.05. The molecule has 2 rings (SSSR count). The summed E-state index contributed by atoms with van der Waals surface area (Å²) in [5.41, 5.74) is 0.979. The van der Waals surface area contributed by atoms with Crippen LogP contribution < -0.4 is 5.32 Å². The van der Waals surface area contributed by atoms with Crippen LogP contribution in [-0.2, 0) is 6.54 Å². The van der Waals surface area contributed by atoms with Gasteiger partial charge in [-0.2, -0.15) is 16.3 Å². The smallest absolute Gasteiger partial charge is 0.240 e. The summed E-state index contributed by atoms with van der Waals surface area (Å²) in [5, 5.41) is 10.8. The molecule has 2 aromatic heterocycles. The Morgan fingerprint density at radius 3 is 3.27 bits per heavy atom. The molecular weight excluding hydrogens is 210 g/mol. The quantitative estimate of drug-likeness (QED) is 0.625. The maximum absolute atomic E-state index is 5.10. The van der Waals surface area contributed by atoms with Crippen molar-refractivity contribution in [2.45, 2.75) is 6.54 Å². The van der Waals surface area contributed by atoms with Crippen molar-refractivity contribution in [3.63, 3.8) is 0 Å². The average Bonchev–Trinajstić information content (AvgIpc) is 2.87. The Morgan fingerprint density at radius 2 is 2.53 bits per heavy atom. The van der Waals surface area contributed by atoms with E-state index >= 15 is 0 Å². The van der Waals surface area contributed by atoms with Crippen LogP contribution in [0.4, 0.5) is 0 Å². The van der Waals surface area contributed by atoms with Gasteiger partial charge in [-0.3, -0.25) is 5.32 Å². The summed E-state index contributed by atoms with van der Waals surface area (Å²) in [5.74, 6) is 3.64. The Balaban J connectivity index is 2.02. The fourth-order valence-electron chi connectivity index (χ4n) is 1.08. The van der Waals surface area contributed by atoms with Gasteiger partial charge in [-0.05, 0) is 11.4 Å². The molecule has 5 heteroatoms. The molecule has 2 heterocycles. The number of thiophene rings is 1. The lowest BCUT2D eigenvalue weighted by atomic mass is 10.3. The zero-order valence-electron chi connectivity index (χ0n) is 7.93. The van der Waals surface area contributed by atoms with Crippen molar-refractivity contribution < 1.29 is 4.52 Å². The van der Waals surface area contributed by atoms with E-state index in [0.29, 0.717) is 24.8 Å². The van der Waals surface area contributed by atoms with Gasteiger partial charge in [0, 0.05) is 10.9 Å². The van der Waals surface area contributed by atoms with E-state index in [1.165, 1.54) is 0 Å². The predicted molar refractivity (Wildman–Crippen MR) is 58.2 cm³/mol. The topological polar surface area (TPSA) is 51.0 Å². The van der Waals surface area contributed by atoms with Crippen LogP contribution in [-0.4, -0.2) is 16.7 Å². The fraction of sp³-hybridized carbons (Fsp3) is 0.200. The van der Waals surface area contributed by atoms with Crippen molar-refractivity contribution in [1.29, 1.82) is 0 Å². The van der Waals surface area contributed by atoms with E-state index in [1.54, 1.807) is 11.3 Å². The molecule has 0 bridgehead atoms. The lowest BCUT2D eigenvalue weighted by Gasteiger charge is -1.91. The van der Waals surface area contributed by atoms with Gasteiger partial charge in [0.15, 0.2) is 0 Å². The maximum atomic E-state index is 5.10. The van der Waals surface area contributed by atoms with Gasteiger partial charge in [-0.1, -0.05) is 11.1 Å². The molecule has 1 N–H and O–H groups in total. The number of aromatic nitrogens is 2. The first-order valence-electron chi connectivity index (χ1n) is 4.39. The molecule has 15 heavy (non-hydrogen) atoms. The molecule has 0 radical (unpaired) electrons. The largest absolute Gasteiger partial charge is 0.338 e. The fourth-order valence-corrected chi connectivity index (χ4v) is 1.71. The first-order chi connectivity index (χ1) is 7.40. The van der Waals surface area contributed by atoms with Crippen LogP contribution >= 0.6 is 11.3 Å². The summed E-state index contributed by atoms with van der Waals surface area (Å²) in [4.78, 5) is 4.22. The molecule has 0 fully saturated rings. The molecule has 0 saturated heterocycles. The van der Waals surface area contributed by atoms with Crippen LogP contribution in [0.5, 0.6) is 0 Å². The van der Waals surface area contributed by atoms with Gasteiger partial charge in [0.1, 0.15) is 0 Å². The second-order valence-corrected chi connectivity index (χ2v) is 3.61. The minimum absolute atomic E-state index is 0.496. The van der Waals surface area contributed by atoms with Crippen molar-refractivity contribution in [3.05, 3.63) is 22.7 Å². The van der Waals surface area contributed by atoms with E-state index in [9.17, 15) is 0 Å². The zero-order chi connectivity index (χ0) is 10.5. The van der Waals surface area contributed by atoms with Gasteiger partial charge >= 0.3 is 0 Å². The van der Waals surface area contributed by atoms with Gasteiger partial charge in [0.05, 0.1) is 13.1 Å². The molecule has 0 atom stereocenters. The third-order valence-corrected chi connectivity index (χ3v) is 2.43. The Kier molecular flexibility index (Phi) is 3.12. The van der Waals surface area contributed by atoms with E-state index in [0.717, 1.165) is 5.56 Å². The molecule has 76 valence electrons. The molecule has 0 aromatic carbocycles. The highest BCUT2D eigenvalue weighted by atomic mass is 32.1. The van der Waals surface area contributed by atoms with E-state index in [2.05, 4.69) is 21.4 Å². The SMILES string of the molecule is C#CCNCc1nc(-c2ccsc2)no1. The number of hydrogen-bond acceptors (Lipinski definition) is 5. The third-order valence-electron chi connectivity index (χ3n) is 1.75. The van der Waals surface area contributed by atoms with Crippen LogP contribution in [0.15, 0.2) is 21.3 Å². The van der Waals surface area contributed by atoms with Crippen molar-refractivity contribution in [2.75, 3.05) is 6.54 Å². The summed E-state index contributed by atoms with van der Waals surface area (Å²) in [6, 6.07) is 1.95. The highest BCUT2D eigenvalue weighted by molar-refractivity contribution is 7.08. The van der Waals surface area contributed by atoms with E-state index in [-0.39, 0.29) is 0 Å². The molecule has 0 aliphatic rings. The molecular formula is C10H9N3OS. The van der Waals surface area contributed by atoms with Gasteiger partial charge < -0.3 is 4.52 Å². The molecule has 2 aromatic rings. The summed E-state index contributed by atoms with van der Waals surface area (Å²) in [7, 11) is 0. The zero-order valence-corrected chi connectivity index (χ0v) is 8.75. The highest BCUT2D eigenvalue weighted by Crippen LogP contribution is 2.18. The Labute approximate surface area is 91.3 Å². The summed E-state index contributed by atoms with van der Waals surface area (Å²) in [6.07, 6.45) is 5.10. The molecule has 0 unspecified atom stereocenters. The molecule has 0 aliphatic heterocycles. The van der Waals surface area contributed by atoms with Crippen LogP contribution in [0, 0.1) is 12.3 Å². The summed E-state index contributed by atoms with van der Waals surface area (Å²) >= 11 is 1.60. The number of hydrogen-bond donors (Lipinski definition) is 1. The monoisotopic (exact) mass is 219 g/mol. The third kappa shape index (κ3) is 2.43. The van der Waals surface area contributed by atoms with E-state index in [4.69, 9.17) is 10.9 Å². The second-order valence-electron chi connectivity index (χ2n) is 2.83. The Morgan fingerprint density at radius 1 is 1.60 bits per heavy atom. The summed E-state index contributed by atoms with van der Waals surface area (Å²) in [6.45, 7) is 0.998. The highest BCUT2D eigenvalue weighted by Gasteiger charge is 2.07. The molecule has 0 amide bonds. The van der Waals surface area contributed by atoms with Crippen LogP contribution in [0.25, 0.3) is 11.4 Å². The number of nitrogens with one attached hydrogen (secondary N) is 1. The van der Waals surface area contributed by atoms with Gasteiger partial charge in [0.25, 0.3) is 0 Å². The lowest BCUT2D eigenvalue weighted by Crippen LogP contribution is -2.13. The van der Waals surface area contributed by atoms with Crippen LogP contribution in [0.2, 0.25) is 0 Å². The normalized spacial score (nSPS) is 10.1. The van der Waals surface area contributed by atoms with Crippen molar-refractivity contribution in [3.8, 4) is 23.7 Å². The average molecular weight is 219 g/mol. The standard InChI is InChI=1S/C10H9N3OS/c1-2-4-11-6-9-12-10(13-14-9)8-3-5-15-7-8/h1,3,5,7,11H,4,6H2. The first-order valence-corrected chi connectivity index (χ1v) is 5.34. The molecule has 0 aliphatic carbocycles.